The van der Waals surface area contributed by atoms with Gasteiger partial charge in [-0.3, -0.25) is 0 Å². The minimum absolute atomic E-state index is 0.335. The summed E-state index contributed by atoms with van der Waals surface area (Å²) in [5.41, 5.74) is 7.34. The molecule has 0 aromatic heterocycles. The van der Waals surface area contributed by atoms with Crippen LogP contribution in [0.4, 0.5) is 21.5 Å². The van der Waals surface area contributed by atoms with Gasteiger partial charge < -0.3 is 15.8 Å². The highest BCUT2D eigenvalue weighted by Crippen LogP contribution is 2.27. The molecule has 0 fully saturated rings. The van der Waals surface area contributed by atoms with Gasteiger partial charge >= 0.3 is 0 Å². The van der Waals surface area contributed by atoms with Crippen molar-refractivity contribution in [3.05, 3.63) is 48.3 Å². The number of methoxy groups -OCH3 is 1. The van der Waals surface area contributed by atoms with Gasteiger partial charge in [-0.25, -0.2) is 4.39 Å². The SMILES string of the molecule is COc1ccc(F)c(Nc2ccccc2N)c1. The first-order chi connectivity index (χ1) is 8.20. The van der Waals surface area contributed by atoms with Crippen LogP contribution in [-0.4, -0.2) is 7.11 Å². The van der Waals surface area contributed by atoms with E-state index in [1.54, 1.807) is 24.3 Å². The third-order valence-corrected chi connectivity index (χ3v) is 2.40. The summed E-state index contributed by atoms with van der Waals surface area (Å²) in [5.74, 6) is 0.234. The number of hydrogen-bond acceptors (Lipinski definition) is 3. The number of nitrogens with one attached hydrogen (secondary N) is 1. The number of benzene rings is 2. The average Bonchev–Trinajstić information content (AvgIpc) is 2.35. The number of anilines is 3. The number of nitrogen functional groups attached to an aromatic ring is 1. The highest BCUT2D eigenvalue weighted by Gasteiger charge is 2.05. The van der Waals surface area contributed by atoms with Crippen molar-refractivity contribution in [3.63, 3.8) is 0 Å². The van der Waals surface area contributed by atoms with E-state index in [0.29, 0.717) is 22.8 Å². The van der Waals surface area contributed by atoms with Crippen molar-refractivity contribution in [2.24, 2.45) is 0 Å². The average molecular weight is 232 g/mol. The zero-order valence-corrected chi connectivity index (χ0v) is 9.41. The molecule has 4 heteroatoms. The highest BCUT2D eigenvalue weighted by molar-refractivity contribution is 5.73. The summed E-state index contributed by atoms with van der Waals surface area (Å²) in [5, 5.41) is 2.94. The molecule has 88 valence electrons. The maximum atomic E-state index is 13.6. The Hall–Kier alpha value is -2.23. The smallest absolute Gasteiger partial charge is 0.146 e. The first-order valence-corrected chi connectivity index (χ1v) is 5.16. The normalized spacial score (nSPS) is 10.0. The van der Waals surface area contributed by atoms with Crippen molar-refractivity contribution in [1.29, 1.82) is 0 Å². The molecule has 17 heavy (non-hydrogen) atoms. The maximum Gasteiger partial charge on any atom is 0.146 e. The topological polar surface area (TPSA) is 47.3 Å². The quantitative estimate of drug-likeness (QED) is 0.799. The molecular formula is C13H13FN2O. The van der Waals surface area contributed by atoms with E-state index in [2.05, 4.69) is 5.32 Å². The minimum atomic E-state index is -0.353. The van der Waals surface area contributed by atoms with Gasteiger partial charge in [0, 0.05) is 6.07 Å². The summed E-state index contributed by atoms with van der Waals surface area (Å²) in [6.07, 6.45) is 0. The van der Waals surface area contributed by atoms with E-state index >= 15 is 0 Å². The van der Waals surface area contributed by atoms with Crippen LogP contribution in [0.15, 0.2) is 42.5 Å². The molecule has 0 amide bonds. The summed E-state index contributed by atoms with van der Waals surface area (Å²) in [4.78, 5) is 0. The van der Waals surface area contributed by atoms with Crippen molar-refractivity contribution in [1.82, 2.24) is 0 Å². The van der Waals surface area contributed by atoms with Crippen molar-refractivity contribution in [3.8, 4) is 5.75 Å². The van der Waals surface area contributed by atoms with Crippen molar-refractivity contribution < 1.29 is 9.13 Å². The second-order valence-corrected chi connectivity index (χ2v) is 3.56. The zero-order chi connectivity index (χ0) is 12.3. The lowest BCUT2D eigenvalue weighted by molar-refractivity contribution is 0.414. The van der Waals surface area contributed by atoms with Gasteiger partial charge in [-0.05, 0) is 24.3 Å². The molecule has 0 spiro atoms. The second-order valence-electron chi connectivity index (χ2n) is 3.56. The van der Waals surface area contributed by atoms with Crippen LogP contribution in [0.25, 0.3) is 0 Å². The fraction of sp³-hybridized carbons (Fsp3) is 0.0769. The van der Waals surface area contributed by atoms with Gasteiger partial charge in [-0.2, -0.15) is 0 Å². The Labute approximate surface area is 99.0 Å². The van der Waals surface area contributed by atoms with Crippen molar-refractivity contribution in [2.45, 2.75) is 0 Å². The lowest BCUT2D eigenvalue weighted by Gasteiger charge is -2.11. The van der Waals surface area contributed by atoms with Crippen LogP contribution in [0, 0.1) is 5.82 Å². The molecule has 0 saturated heterocycles. The van der Waals surface area contributed by atoms with Gasteiger partial charge in [-0.15, -0.1) is 0 Å². The molecule has 0 aliphatic rings. The molecule has 0 radical (unpaired) electrons. The van der Waals surface area contributed by atoms with Crippen LogP contribution in [-0.2, 0) is 0 Å². The Morgan fingerprint density at radius 3 is 2.59 bits per heavy atom. The lowest BCUT2D eigenvalue weighted by atomic mass is 10.2. The van der Waals surface area contributed by atoms with E-state index < -0.39 is 0 Å². The molecule has 2 aromatic rings. The summed E-state index contributed by atoms with van der Waals surface area (Å²) in [7, 11) is 1.54. The number of nitrogens with two attached hydrogens (primary N) is 1. The van der Waals surface area contributed by atoms with E-state index in [4.69, 9.17) is 10.5 Å². The highest BCUT2D eigenvalue weighted by atomic mass is 19.1. The van der Waals surface area contributed by atoms with Gasteiger partial charge in [-0.1, -0.05) is 12.1 Å². The monoisotopic (exact) mass is 232 g/mol. The van der Waals surface area contributed by atoms with Crippen LogP contribution < -0.4 is 15.8 Å². The third kappa shape index (κ3) is 2.47. The molecule has 2 aromatic carbocycles. The molecule has 3 nitrogen and oxygen atoms in total. The fourth-order valence-electron chi connectivity index (χ4n) is 1.48. The number of ether oxygens (including phenoxy) is 1. The molecule has 3 N–H and O–H groups in total. The van der Waals surface area contributed by atoms with Crippen LogP contribution in [0.5, 0.6) is 5.75 Å². The van der Waals surface area contributed by atoms with E-state index in [-0.39, 0.29) is 5.82 Å². The summed E-state index contributed by atoms with van der Waals surface area (Å²) >= 11 is 0. The number of rotatable bonds is 3. The molecule has 0 bridgehead atoms. The largest absolute Gasteiger partial charge is 0.497 e. The third-order valence-electron chi connectivity index (χ3n) is 2.40. The molecule has 0 aliphatic carbocycles. The summed E-state index contributed by atoms with van der Waals surface area (Å²) in [6.45, 7) is 0. The van der Waals surface area contributed by atoms with E-state index in [1.807, 2.05) is 12.1 Å². The van der Waals surface area contributed by atoms with E-state index in [0.717, 1.165) is 0 Å². The predicted octanol–water partition coefficient (Wildman–Crippen LogP) is 3.16. The summed E-state index contributed by atoms with van der Waals surface area (Å²) in [6, 6.07) is 11.7. The second kappa shape index (κ2) is 4.74. The molecule has 0 atom stereocenters. The van der Waals surface area contributed by atoms with Gasteiger partial charge in [0.1, 0.15) is 11.6 Å². The molecule has 0 aliphatic heterocycles. The van der Waals surface area contributed by atoms with Crippen LogP contribution in [0.2, 0.25) is 0 Å². The molecule has 0 unspecified atom stereocenters. The van der Waals surface area contributed by atoms with Gasteiger partial charge in [0.15, 0.2) is 0 Å². The first kappa shape index (κ1) is 11.3. The Balaban J connectivity index is 2.32. The predicted molar refractivity (Wildman–Crippen MR) is 67.1 cm³/mol. The van der Waals surface area contributed by atoms with Crippen LogP contribution >= 0.6 is 0 Å². The molecule has 0 heterocycles. The van der Waals surface area contributed by atoms with Crippen molar-refractivity contribution >= 4 is 17.1 Å². The van der Waals surface area contributed by atoms with E-state index in [9.17, 15) is 4.39 Å². The van der Waals surface area contributed by atoms with Crippen molar-refractivity contribution in [2.75, 3.05) is 18.2 Å². The van der Waals surface area contributed by atoms with Crippen LogP contribution in [0.1, 0.15) is 0 Å². The standard InChI is InChI=1S/C13H13FN2O/c1-17-9-6-7-10(14)13(8-9)16-12-5-3-2-4-11(12)15/h2-8,16H,15H2,1H3. The van der Waals surface area contributed by atoms with Gasteiger partial charge in [0.25, 0.3) is 0 Å². The Bertz CT molecular complexity index is 529. The Kier molecular flexibility index (Phi) is 3.14. The van der Waals surface area contributed by atoms with E-state index in [1.165, 1.54) is 13.2 Å². The molecule has 2 rings (SSSR count). The lowest BCUT2D eigenvalue weighted by Crippen LogP contribution is -1.98. The Morgan fingerprint density at radius 2 is 1.88 bits per heavy atom. The number of para-hydroxylation sites is 2. The molecule has 0 saturated carbocycles. The Morgan fingerprint density at radius 1 is 1.12 bits per heavy atom. The first-order valence-electron chi connectivity index (χ1n) is 5.16. The minimum Gasteiger partial charge on any atom is -0.497 e. The maximum absolute atomic E-state index is 13.6. The fourth-order valence-corrected chi connectivity index (χ4v) is 1.48. The number of halogens is 1. The molecular weight excluding hydrogens is 219 g/mol. The van der Waals surface area contributed by atoms with Gasteiger partial charge in [0.05, 0.1) is 24.2 Å². The van der Waals surface area contributed by atoms with Gasteiger partial charge in [0.2, 0.25) is 0 Å². The van der Waals surface area contributed by atoms with Crippen LogP contribution in [0.3, 0.4) is 0 Å². The zero-order valence-electron chi connectivity index (χ0n) is 9.41. The summed E-state index contributed by atoms with van der Waals surface area (Å²) < 4.78 is 18.6. The number of hydrogen-bond donors (Lipinski definition) is 2.